The summed E-state index contributed by atoms with van der Waals surface area (Å²) in [6, 6.07) is 0. The zero-order chi connectivity index (χ0) is 28.1. The van der Waals surface area contributed by atoms with Crippen molar-refractivity contribution in [2.45, 2.75) is 76.3 Å². The highest BCUT2D eigenvalue weighted by atomic mass is 16.7. The molecular weight excluding hydrogens is 498 g/mol. The molecule has 0 unspecified atom stereocenters. The molecule has 0 saturated carbocycles. The summed E-state index contributed by atoms with van der Waals surface area (Å²) in [4.78, 5) is 71.9. The van der Waals surface area contributed by atoms with E-state index >= 15 is 0 Å². The number of nitro groups is 6. The molecule has 0 aromatic carbocycles. The second-order valence-corrected chi connectivity index (χ2v) is 8.28. The fraction of sp³-hybridized carbons (Fsp3) is 0.800. The Morgan fingerprint density at radius 2 is 0.639 bits per heavy atom. The summed E-state index contributed by atoms with van der Waals surface area (Å²) in [6.45, 7) is 2.24. The van der Waals surface area contributed by atoms with Gasteiger partial charge in [0.05, 0.1) is 69.6 Å². The van der Waals surface area contributed by atoms with Crippen molar-refractivity contribution in [1.82, 2.24) is 15.0 Å². The molecule has 0 N–H and O–H groups in total. The fourth-order valence-electron chi connectivity index (χ4n) is 2.65. The molecule has 1 aromatic rings. The number of aromatic nitrogens is 3. The monoisotopic (exact) mass is 519 g/mol. The van der Waals surface area contributed by atoms with Crippen LogP contribution in [0.1, 0.15) is 57.5 Å². The van der Waals surface area contributed by atoms with Crippen LogP contribution in [0.25, 0.3) is 0 Å². The van der Waals surface area contributed by atoms with E-state index in [1.807, 2.05) is 0 Å². The molecule has 0 aliphatic heterocycles. The number of hydrogen-bond donors (Lipinski definition) is 0. The topological polar surface area (TPSA) is 298 Å². The lowest BCUT2D eigenvalue weighted by Gasteiger charge is -2.15. The van der Waals surface area contributed by atoms with Gasteiger partial charge in [0, 0.05) is 19.3 Å². The normalized spacial score (nSPS) is 12.1. The third kappa shape index (κ3) is 6.29. The summed E-state index contributed by atoms with van der Waals surface area (Å²) in [5.74, 6) is -0.840. The van der Waals surface area contributed by atoms with Crippen LogP contribution in [-0.4, -0.2) is 61.5 Å². The SMILES string of the molecule is CC(CCc1nc(CCC(C)([N+](=O)[O-])[N+](=O)[O-])nc(CCC(C)([N+](=O)[O-])[N+](=O)[O-])n1)([N+](=O)[O-])[N+](=O)[O-]. The smallest absolute Gasteiger partial charge is 0.258 e. The van der Waals surface area contributed by atoms with Gasteiger partial charge in [0.1, 0.15) is 17.5 Å². The fourth-order valence-corrected chi connectivity index (χ4v) is 2.65. The van der Waals surface area contributed by atoms with Gasteiger partial charge < -0.3 is 0 Å². The number of aryl methyl sites for hydroxylation is 3. The summed E-state index contributed by atoms with van der Waals surface area (Å²) in [6.07, 6.45) is -3.57. The largest absolute Gasteiger partial charge is 0.456 e. The summed E-state index contributed by atoms with van der Waals surface area (Å²) in [5.41, 5.74) is -7.88. The summed E-state index contributed by atoms with van der Waals surface area (Å²) in [7, 11) is 0. The van der Waals surface area contributed by atoms with Gasteiger partial charge in [0.25, 0.3) is 0 Å². The number of rotatable bonds is 15. The maximum absolute atomic E-state index is 11.2. The van der Waals surface area contributed by atoms with E-state index in [9.17, 15) is 60.7 Å². The Morgan fingerprint density at radius 3 is 0.778 bits per heavy atom. The van der Waals surface area contributed by atoms with Crippen molar-refractivity contribution in [3.05, 3.63) is 78.2 Å². The van der Waals surface area contributed by atoms with Crippen LogP contribution < -0.4 is 0 Å². The van der Waals surface area contributed by atoms with Crippen molar-refractivity contribution in [3.63, 3.8) is 0 Å². The van der Waals surface area contributed by atoms with E-state index in [1.54, 1.807) is 0 Å². The van der Waals surface area contributed by atoms with E-state index in [-0.39, 0.29) is 17.5 Å². The molecule has 36 heavy (non-hydrogen) atoms. The quantitative estimate of drug-likeness (QED) is 0.173. The van der Waals surface area contributed by atoms with Gasteiger partial charge >= 0.3 is 17.0 Å². The standard InChI is InChI=1S/C15H21N9O12/c1-13(19(25)26,20(27)28)7-4-10-16-11(5-8-14(2,21(29)30)22(31)32)18-12(17-10)6-9-15(3,23(33)34)24(35)36/h4-9H2,1-3H3. The third-order valence-electron chi connectivity index (χ3n) is 5.60. The maximum Gasteiger partial charge on any atom is 0.456 e. The van der Waals surface area contributed by atoms with Crippen LogP contribution in [-0.2, 0) is 19.3 Å². The molecule has 0 bridgehead atoms. The van der Waals surface area contributed by atoms with Gasteiger partial charge in [0.2, 0.25) is 0 Å². The lowest BCUT2D eigenvalue weighted by molar-refractivity contribution is -0.793. The van der Waals surface area contributed by atoms with Crippen LogP contribution in [0.2, 0.25) is 0 Å². The van der Waals surface area contributed by atoms with Crippen LogP contribution >= 0.6 is 0 Å². The molecule has 21 heteroatoms. The predicted octanol–water partition coefficient (Wildman–Crippen LogP) is 0.478. The first-order chi connectivity index (χ1) is 16.4. The zero-order valence-corrected chi connectivity index (χ0v) is 19.2. The summed E-state index contributed by atoms with van der Waals surface area (Å²) >= 11 is 0. The Bertz CT molecular complexity index is 906. The molecule has 0 fully saturated rings. The van der Waals surface area contributed by atoms with Crippen molar-refractivity contribution in [2.75, 3.05) is 0 Å². The molecule has 198 valence electrons. The first-order valence-electron chi connectivity index (χ1n) is 10.00. The lowest BCUT2D eigenvalue weighted by atomic mass is 10.1. The number of nitrogens with zero attached hydrogens (tertiary/aromatic N) is 9. The summed E-state index contributed by atoms with van der Waals surface area (Å²) < 4.78 is 0. The highest BCUT2D eigenvalue weighted by molar-refractivity contribution is 5.00. The molecule has 0 saturated heterocycles. The van der Waals surface area contributed by atoms with Gasteiger partial charge in [-0.2, -0.15) is 0 Å². The Balaban J connectivity index is 3.36. The van der Waals surface area contributed by atoms with Gasteiger partial charge in [-0.1, -0.05) is 0 Å². The molecule has 0 radical (unpaired) electrons. The van der Waals surface area contributed by atoms with Crippen LogP contribution in [0.15, 0.2) is 0 Å². The predicted molar refractivity (Wildman–Crippen MR) is 112 cm³/mol. The minimum atomic E-state index is -2.63. The highest BCUT2D eigenvalue weighted by Crippen LogP contribution is 2.21. The van der Waals surface area contributed by atoms with Crippen LogP contribution in [0.4, 0.5) is 0 Å². The second kappa shape index (κ2) is 10.8. The maximum atomic E-state index is 11.2. The molecule has 0 aliphatic rings. The molecule has 21 nitrogen and oxygen atoms in total. The third-order valence-corrected chi connectivity index (χ3v) is 5.60. The van der Waals surface area contributed by atoms with Crippen LogP contribution in [0, 0.1) is 60.7 Å². The average Bonchev–Trinajstić information content (AvgIpc) is 2.78. The van der Waals surface area contributed by atoms with E-state index in [0.717, 1.165) is 20.8 Å². The molecule has 0 aliphatic carbocycles. The van der Waals surface area contributed by atoms with Gasteiger partial charge in [-0.25, -0.2) is 15.0 Å². The van der Waals surface area contributed by atoms with E-state index in [2.05, 4.69) is 15.0 Å². The van der Waals surface area contributed by atoms with E-state index in [0.29, 0.717) is 0 Å². The Kier molecular flexibility index (Phi) is 8.81. The molecule has 1 heterocycles. The first-order valence-corrected chi connectivity index (χ1v) is 10.00. The molecule has 0 spiro atoms. The molecule has 0 atom stereocenters. The molecule has 1 rings (SSSR count). The molecular formula is C15H21N9O12. The van der Waals surface area contributed by atoms with Crippen LogP contribution in [0.5, 0.6) is 0 Å². The van der Waals surface area contributed by atoms with Crippen LogP contribution in [0.3, 0.4) is 0 Å². The van der Waals surface area contributed by atoms with E-state index in [4.69, 9.17) is 0 Å². The van der Waals surface area contributed by atoms with Crippen molar-refractivity contribution in [2.24, 2.45) is 0 Å². The van der Waals surface area contributed by atoms with Crippen molar-refractivity contribution in [1.29, 1.82) is 0 Å². The Morgan fingerprint density at radius 1 is 0.472 bits per heavy atom. The second-order valence-electron chi connectivity index (χ2n) is 8.28. The van der Waals surface area contributed by atoms with Crippen molar-refractivity contribution in [3.8, 4) is 0 Å². The molecule has 0 amide bonds. The zero-order valence-electron chi connectivity index (χ0n) is 19.2. The lowest BCUT2D eigenvalue weighted by Crippen LogP contribution is -2.44. The van der Waals surface area contributed by atoms with Gasteiger partial charge in [0.15, 0.2) is 0 Å². The van der Waals surface area contributed by atoms with E-state index in [1.165, 1.54) is 0 Å². The average molecular weight is 519 g/mol. The van der Waals surface area contributed by atoms with Gasteiger partial charge in [-0.15, -0.1) is 0 Å². The molecule has 1 aromatic heterocycles. The highest BCUT2D eigenvalue weighted by Gasteiger charge is 2.52. The van der Waals surface area contributed by atoms with Crippen molar-refractivity contribution < 1.29 is 29.5 Å². The first kappa shape index (κ1) is 29.4. The van der Waals surface area contributed by atoms with Crippen molar-refractivity contribution >= 4 is 0 Å². The minimum Gasteiger partial charge on any atom is -0.258 e. The Labute approximate surface area is 199 Å². The van der Waals surface area contributed by atoms with E-state index < -0.39 is 85.1 Å². The summed E-state index contributed by atoms with van der Waals surface area (Å²) in [5, 5.41) is 66.9. The Hall–Kier alpha value is -4.59. The minimum absolute atomic E-state index is 0.280. The van der Waals surface area contributed by atoms with Gasteiger partial charge in [-0.05, 0) is 0 Å². The number of hydrogen-bond acceptors (Lipinski definition) is 15. The van der Waals surface area contributed by atoms with Gasteiger partial charge in [-0.3, -0.25) is 60.7 Å².